The van der Waals surface area contributed by atoms with Gasteiger partial charge >= 0.3 is 5.97 Å². The summed E-state index contributed by atoms with van der Waals surface area (Å²) < 4.78 is 4.99. The Labute approximate surface area is 143 Å². The number of carbonyl (C=O) groups is 1. The molecular formula is C20H23NO3. The molecule has 0 unspecified atom stereocenters. The van der Waals surface area contributed by atoms with Gasteiger partial charge in [0.2, 0.25) is 0 Å². The number of carbonyl (C=O) groups excluding carboxylic acids is 1. The average molecular weight is 325 g/mol. The molecule has 0 saturated carbocycles. The van der Waals surface area contributed by atoms with Gasteiger partial charge in [0, 0.05) is 12.6 Å². The number of benzene rings is 2. The molecule has 1 fully saturated rings. The summed E-state index contributed by atoms with van der Waals surface area (Å²) in [5, 5.41) is 2.06. The van der Waals surface area contributed by atoms with Crippen LogP contribution in [-0.2, 0) is 11.2 Å². The van der Waals surface area contributed by atoms with Crippen molar-refractivity contribution in [2.24, 2.45) is 0 Å². The van der Waals surface area contributed by atoms with E-state index in [1.807, 2.05) is 18.2 Å². The van der Waals surface area contributed by atoms with Crippen LogP contribution >= 0.6 is 0 Å². The molecule has 1 atom stereocenters. The number of hydrogen-bond donors (Lipinski definition) is 0. The molecule has 0 aliphatic carbocycles. The average Bonchev–Trinajstić information content (AvgIpc) is 3.03. The van der Waals surface area contributed by atoms with Gasteiger partial charge in [-0.05, 0) is 56.0 Å². The Morgan fingerprint density at radius 3 is 2.58 bits per heavy atom. The number of rotatable bonds is 6. The van der Waals surface area contributed by atoms with E-state index in [1.54, 1.807) is 19.1 Å². The lowest BCUT2D eigenvalue weighted by Gasteiger charge is -2.24. The monoisotopic (exact) mass is 325 g/mol. The van der Waals surface area contributed by atoms with E-state index in [9.17, 15) is 4.79 Å². The standard InChI is InChI=1S/C20H23NO3/c1-2-23-20(22)17-10-12-19(13-11-17)24-21-14-6-9-18(21)15-16-7-4-3-5-8-16/h3-5,7-8,10-13,18H,2,6,9,14-15H2,1H3/t18-/m1/s1. The van der Waals surface area contributed by atoms with Gasteiger partial charge in [0.1, 0.15) is 5.75 Å². The number of ether oxygens (including phenoxy) is 1. The predicted octanol–water partition coefficient (Wildman–Crippen LogP) is 3.86. The fourth-order valence-corrected chi connectivity index (χ4v) is 3.02. The lowest BCUT2D eigenvalue weighted by molar-refractivity contribution is -0.0699. The second kappa shape index (κ2) is 7.97. The van der Waals surface area contributed by atoms with Gasteiger partial charge < -0.3 is 9.57 Å². The minimum atomic E-state index is -0.299. The maximum absolute atomic E-state index is 11.7. The second-order valence-electron chi connectivity index (χ2n) is 5.96. The Balaban J connectivity index is 1.61. The first kappa shape index (κ1) is 16.5. The molecule has 1 saturated heterocycles. The smallest absolute Gasteiger partial charge is 0.338 e. The minimum Gasteiger partial charge on any atom is -0.462 e. The Hall–Kier alpha value is -2.33. The molecule has 4 heteroatoms. The van der Waals surface area contributed by atoms with Crippen molar-refractivity contribution in [1.29, 1.82) is 0 Å². The fraction of sp³-hybridized carbons (Fsp3) is 0.350. The molecule has 1 aliphatic heterocycles. The van der Waals surface area contributed by atoms with E-state index < -0.39 is 0 Å². The summed E-state index contributed by atoms with van der Waals surface area (Å²) in [4.78, 5) is 17.7. The van der Waals surface area contributed by atoms with Gasteiger partial charge in [0.05, 0.1) is 12.2 Å². The van der Waals surface area contributed by atoms with Crippen LogP contribution in [0.5, 0.6) is 5.75 Å². The van der Waals surface area contributed by atoms with Crippen molar-refractivity contribution in [2.45, 2.75) is 32.2 Å². The van der Waals surface area contributed by atoms with Crippen molar-refractivity contribution < 1.29 is 14.4 Å². The van der Waals surface area contributed by atoms with Crippen molar-refractivity contribution >= 4 is 5.97 Å². The highest BCUT2D eigenvalue weighted by molar-refractivity contribution is 5.89. The number of esters is 1. The summed E-state index contributed by atoms with van der Waals surface area (Å²) in [5.74, 6) is 0.454. The maximum atomic E-state index is 11.7. The van der Waals surface area contributed by atoms with E-state index in [0.29, 0.717) is 18.2 Å². The molecule has 2 aromatic rings. The summed E-state index contributed by atoms with van der Waals surface area (Å²) >= 11 is 0. The van der Waals surface area contributed by atoms with E-state index in [2.05, 4.69) is 29.3 Å². The zero-order valence-corrected chi connectivity index (χ0v) is 14.0. The molecule has 0 spiro atoms. The maximum Gasteiger partial charge on any atom is 0.338 e. The van der Waals surface area contributed by atoms with Crippen molar-refractivity contribution in [3.8, 4) is 5.75 Å². The number of hydroxylamine groups is 2. The van der Waals surface area contributed by atoms with Crippen LogP contribution in [0, 0.1) is 0 Å². The molecule has 0 aromatic heterocycles. The second-order valence-corrected chi connectivity index (χ2v) is 5.96. The molecule has 0 bridgehead atoms. The summed E-state index contributed by atoms with van der Waals surface area (Å²) in [5.41, 5.74) is 1.88. The van der Waals surface area contributed by atoms with Crippen LogP contribution in [0.2, 0.25) is 0 Å². The van der Waals surface area contributed by atoms with Crippen molar-refractivity contribution in [2.75, 3.05) is 13.2 Å². The van der Waals surface area contributed by atoms with E-state index in [-0.39, 0.29) is 5.97 Å². The van der Waals surface area contributed by atoms with Gasteiger partial charge in [0.25, 0.3) is 0 Å². The molecule has 2 aromatic carbocycles. The largest absolute Gasteiger partial charge is 0.462 e. The van der Waals surface area contributed by atoms with Crippen molar-refractivity contribution in [1.82, 2.24) is 5.06 Å². The zero-order valence-electron chi connectivity index (χ0n) is 14.0. The zero-order chi connectivity index (χ0) is 16.8. The van der Waals surface area contributed by atoms with Gasteiger partial charge in [-0.1, -0.05) is 30.3 Å². The first-order valence-corrected chi connectivity index (χ1v) is 8.52. The van der Waals surface area contributed by atoms with Crippen LogP contribution < -0.4 is 4.84 Å². The normalized spacial score (nSPS) is 17.6. The minimum absolute atomic E-state index is 0.299. The van der Waals surface area contributed by atoms with Crippen molar-refractivity contribution in [3.05, 3.63) is 65.7 Å². The third-order valence-corrected chi connectivity index (χ3v) is 4.23. The molecule has 4 nitrogen and oxygen atoms in total. The number of nitrogens with zero attached hydrogens (tertiary/aromatic N) is 1. The number of hydrogen-bond acceptors (Lipinski definition) is 4. The van der Waals surface area contributed by atoms with E-state index in [1.165, 1.54) is 5.56 Å². The van der Waals surface area contributed by atoms with Crippen molar-refractivity contribution in [3.63, 3.8) is 0 Å². The predicted molar refractivity (Wildman–Crippen MR) is 92.9 cm³/mol. The quantitative estimate of drug-likeness (QED) is 0.756. The van der Waals surface area contributed by atoms with Crippen LogP contribution in [-0.4, -0.2) is 30.2 Å². The SMILES string of the molecule is CCOC(=O)c1ccc(ON2CCC[C@@H]2Cc2ccccc2)cc1. The lowest BCUT2D eigenvalue weighted by atomic mass is 10.0. The highest BCUT2D eigenvalue weighted by atomic mass is 16.7. The van der Waals surface area contributed by atoms with Gasteiger partial charge in [-0.2, -0.15) is 0 Å². The molecular weight excluding hydrogens is 302 g/mol. The fourth-order valence-electron chi connectivity index (χ4n) is 3.02. The van der Waals surface area contributed by atoms with Crippen LogP contribution in [0.1, 0.15) is 35.7 Å². The third-order valence-electron chi connectivity index (χ3n) is 4.23. The first-order valence-electron chi connectivity index (χ1n) is 8.52. The Kier molecular flexibility index (Phi) is 5.49. The molecule has 126 valence electrons. The molecule has 0 radical (unpaired) electrons. The summed E-state index contributed by atoms with van der Waals surface area (Å²) in [7, 11) is 0. The highest BCUT2D eigenvalue weighted by Crippen LogP contribution is 2.24. The van der Waals surface area contributed by atoms with E-state index in [0.717, 1.165) is 31.6 Å². The van der Waals surface area contributed by atoms with Crippen LogP contribution in [0.4, 0.5) is 0 Å². The molecule has 1 heterocycles. The van der Waals surface area contributed by atoms with Gasteiger partial charge in [-0.25, -0.2) is 4.79 Å². The Morgan fingerprint density at radius 2 is 1.88 bits per heavy atom. The van der Waals surface area contributed by atoms with Crippen LogP contribution in [0.25, 0.3) is 0 Å². The highest BCUT2D eigenvalue weighted by Gasteiger charge is 2.26. The van der Waals surface area contributed by atoms with Gasteiger partial charge in [-0.3, -0.25) is 0 Å². The molecule has 1 aliphatic rings. The molecule has 0 N–H and O–H groups in total. The van der Waals surface area contributed by atoms with Gasteiger partial charge in [-0.15, -0.1) is 5.06 Å². The Morgan fingerprint density at radius 1 is 1.12 bits per heavy atom. The summed E-state index contributed by atoms with van der Waals surface area (Å²) in [6.45, 7) is 3.11. The first-order chi connectivity index (χ1) is 11.8. The van der Waals surface area contributed by atoms with E-state index >= 15 is 0 Å². The topological polar surface area (TPSA) is 38.8 Å². The van der Waals surface area contributed by atoms with E-state index in [4.69, 9.17) is 9.57 Å². The summed E-state index contributed by atoms with van der Waals surface area (Å²) in [6, 6.07) is 18.0. The van der Waals surface area contributed by atoms with Crippen LogP contribution in [0.15, 0.2) is 54.6 Å². The van der Waals surface area contributed by atoms with Crippen LogP contribution in [0.3, 0.4) is 0 Å². The molecule has 24 heavy (non-hydrogen) atoms. The lowest BCUT2D eigenvalue weighted by Crippen LogP contribution is -2.34. The summed E-state index contributed by atoms with van der Waals surface area (Å²) in [6.07, 6.45) is 3.26. The molecule has 0 amide bonds. The third kappa shape index (κ3) is 4.15. The Bertz CT molecular complexity index is 654. The van der Waals surface area contributed by atoms with Gasteiger partial charge in [0.15, 0.2) is 0 Å². The molecule has 3 rings (SSSR count).